The van der Waals surface area contributed by atoms with Gasteiger partial charge in [0.15, 0.2) is 0 Å². The number of carbonyl (C=O) groups excluding carboxylic acids is 1. The molecule has 0 aliphatic carbocycles. The molecule has 31 heavy (non-hydrogen) atoms. The van der Waals surface area contributed by atoms with E-state index < -0.39 is 12.0 Å². The molecule has 1 atom stereocenters. The summed E-state index contributed by atoms with van der Waals surface area (Å²) in [5.41, 5.74) is 5.44. The fraction of sp³-hybridized carbons (Fsp3) is 0.846. The number of unbranched alkanes of at least 4 members (excludes halogenated alkanes) is 14. The second-order valence-corrected chi connectivity index (χ2v) is 8.83. The van der Waals surface area contributed by atoms with Crippen LogP contribution >= 0.6 is 0 Å². The van der Waals surface area contributed by atoms with Crippen LogP contribution in [0.5, 0.6) is 0 Å². The number of allylic oxidation sites excluding steroid dienone is 2. The van der Waals surface area contributed by atoms with Crippen LogP contribution in [0.3, 0.4) is 0 Å². The SMILES string of the molecule is CCCCCCCCCCCC/C=C/CCCCCC(=O)NCCCC[C@H](N)C(=O)O. The molecule has 0 aliphatic heterocycles. The lowest BCUT2D eigenvalue weighted by atomic mass is 10.1. The number of aliphatic carboxylic acids is 1. The number of hydrogen-bond donors (Lipinski definition) is 3. The van der Waals surface area contributed by atoms with Crippen LogP contribution in [-0.4, -0.2) is 29.6 Å². The monoisotopic (exact) mass is 438 g/mol. The van der Waals surface area contributed by atoms with Gasteiger partial charge in [-0.15, -0.1) is 0 Å². The highest BCUT2D eigenvalue weighted by molar-refractivity contribution is 5.75. The maximum atomic E-state index is 11.8. The largest absolute Gasteiger partial charge is 0.480 e. The first-order valence-electron chi connectivity index (χ1n) is 13.0. The van der Waals surface area contributed by atoms with Gasteiger partial charge in [-0.25, -0.2) is 0 Å². The summed E-state index contributed by atoms with van der Waals surface area (Å²) in [6, 6.07) is -0.792. The maximum Gasteiger partial charge on any atom is 0.320 e. The summed E-state index contributed by atoms with van der Waals surface area (Å²) in [7, 11) is 0. The average Bonchev–Trinajstić information content (AvgIpc) is 2.75. The van der Waals surface area contributed by atoms with Crippen molar-refractivity contribution in [1.82, 2.24) is 5.32 Å². The highest BCUT2D eigenvalue weighted by Crippen LogP contribution is 2.12. The van der Waals surface area contributed by atoms with Crippen molar-refractivity contribution in [3.63, 3.8) is 0 Å². The van der Waals surface area contributed by atoms with Crippen LogP contribution < -0.4 is 11.1 Å². The topological polar surface area (TPSA) is 92.4 Å². The first-order valence-corrected chi connectivity index (χ1v) is 13.0. The minimum atomic E-state index is -0.960. The predicted octanol–water partition coefficient (Wildman–Crippen LogP) is 6.50. The summed E-state index contributed by atoms with van der Waals surface area (Å²) in [4.78, 5) is 22.4. The molecule has 0 bridgehead atoms. The normalized spacial score (nSPS) is 12.3. The third kappa shape index (κ3) is 23.1. The van der Waals surface area contributed by atoms with E-state index >= 15 is 0 Å². The average molecular weight is 439 g/mol. The van der Waals surface area contributed by atoms with Gasteiger partial charge in [0.2, 0.25) is 5.91 Å². The zero-order chi connectivity index (χ0) is 23.0. The van der Waals surface area contributed by atoms with Crippen LogP contribution in [0.15, 0.2) is 12.2 Å². The van der Waals surface area contributed by atoms with Gasteiger partial charge in [0.1, 0.15) is 6.04 Å². The molecule has 0 aromatic rings. The Morgan fingerprint density at radius 3 is 1.84 bits per heavy atom. The molecule has 0 rings (SSSR count). The molecule has 0 aromatic carbocycles. The smallest absolute Gasteiger partial charge is 0.320 e. The quantitative estimate of drug-likeness (QED) is 0.125. The molecule has 1 amide bonds. The third-order valence-electron chi connectivity index (χ3n) is 5.75. The molecule has 0 radical (unpaired) electrons. The van der Waals surface area contributed by atoms with Crippen molar-refractivity contribution in [2.75, 3.05) is 6.54 Å². The number of nitrogens with two attached hydrogens (primary N) is 1. The zero-order valence-electron chi connectivity index (χ0n) is 20.2. The molecule has 182 valence electrons. The number of carboxylic acid groups (broad SMARTS) is 1. The Balaban J connectivity index is 3.28. The van der Waals surface area contributed by atoms with Gasteiger partial charge in [0, 0.05) is 13.0 Å². The first kappa shape index (κ1) is 29.6. The minimum Gasteiger partial charge on any atom is -0.480 e. The molecule has 5 nitrogen and oxygen atoms in total. The standard InChI is InChI=1S/C26H50N2O3/c1-2-3-4-5-6-7-8-9-10-11-12-13-14-15-16-17-18-22-25(29)28-23-20-19-21-24(27)26(30)31/h13-14,24H,2-12,15-23,27H2,1H3,(H,28,29)(H,30,31)/b14-13+/t24-/m0/s1. The number of amides is 1. The van der Waals surface area contributed by atoms with Gasteiger partial charge < -0.3 is 16.2 Å². The first-order chi connectivity index (χ1) is 15.1. The van der Waals surface area contributed by atoms with Crippen molar-refractivity contribution < 1.29 is 14.7 Å². The summed E-state index contributed by atoms with van der Waals surface area (Å²) < 4.78 is 0. The highest BCUT2D eigenvalue weighted by atomic mass is 16.4. The van der Waals surface area contributed by atoms with Gasteiger partial charge in [-0.1, -0.05) is 83.3 Å². The fourth-order valence-electron chi connectivity index (χ4n) is 3.64. The number of hydrogen-bond acceptors (Lipinski definition) is 3. The van der Waals surface area contributed by atoms with E-state index in [1.165, 1.54) is 70.6 Å². The van der Waals surface area contributed by atoms with Crippen molar-refractivity contribution in [2.24, 2.45) is 5.73 Å². The molecule has 0 heterocycles. The van der Waals surface area contributed by atoms with Gasteiger partial charge in [-0.05, 0) is 51.4 Å². The Bertz CT molecular complexity index is 452. The van der Waals surface area contributed by atoms with Gasteiger partial charge in [-0.3, -0.25) is 9.59 Å². The molecule has 4 N–H and O–H groups in total. The highest BCUT2D eigenvalue weighted by Gasteiger charge is 2.10. The second-order valence-electron chi connectivity index (χ2n) is 8.83. The lowest BCUT2D eigenvalue weighted by molar-refractivity contribution is -0.138. The predicted molar refractivity (Wildman–Crippen MR) is 131 cm³/mol. The minimum absolute atomic E-state index is 0.0963. The van der Waals surface area contributed by atoms with Crippen LogP contribution in [0.2, 0.25) is 0 Å². The molecule has 0 aromatic heterocycles. The van der Waals surface area contributed by atoms with Crippen molar-refractivity contribution in [3.05, 3.63) is 12.2 Å². The Kier molecular flexibility index (Phi) is 22.3. The summed E-state index contributed by atoms with van der Waals surface area (Å²) >= 11 is 0. The van der Waals surface area contributed by atoms with Crippen molar-refractivity contribution >= 4 is 11.9 Å². The van der Waals surface area contributed by atoms with Crippen LogP contribution in [0.4, 0.5) is 0 Å². The number of nitrogens with one attached hydrogen (secondary N) is 1. The van der Waals surface area contributed by atoms with Gasteiger partial charge in [0.05, 0.1) is 0 Å². The van der Waals surface area contributed by atoms with E-state index in [1.807, 2.05) is 0 Å². The molecule has 0 fully saturated rings. The van der Waals surface area contributed by atoms with Crippen LogP contribution in [0.25, 0.3) is 0 Å². The maximum absolute atomic E-state index is 11.8. The molecular weight excluding hydrogens is 388 g/mol. The summed E-state index contributed by atoms with van der Waals surface area (Å²) in [6.45, 7) is 2.87. The van der Waals surface area contributed by atoms with Crippen molar-refractivity contribution in [1.29, 1.82) is 0 Å². The Labute approximate surface area is 191 Å². The van der Waals surface area contributed by atoms with E-state index in [2.05, 4.69) is 24.4 Å². The number of rotatable bonds is 23. The Morgan fingerprint density at radius 2 is 1.29 bits per heavy atom. The Morgan fingerprint density at radius 1 is 0.774 bits per heavy atom. The van der Waals surface area contributed by atoms with E-state index in [0.29, 0.717) is 19.4 Å². The molecule has 0 aliphatic rings. The van der Waals surface area contributed by atoms with E-state index in [4.69, 9.17) is 10.8 Å². The second kappa shape index (κ2) is 23.3. The Hall–Kier alpha value is -1.36. The summed E-state index contributed by atoms with van der Waals surface area (Å²) in [5, 5.41) is 11.6. The summed E-state index contributed by atoms with van der Waals surface area (Å²) in [6.07, 6.45) is 26.5. The van der Waals surface area contributed by atoms with E-state index in [1.54, 1.807) is 0 Å². The molecular formula is C26H50N2O3. The van der Waals surface area contributed by atoms with Crippen molar-refractivity contribution in [3.8, 4) is 0 Å². The van der Waals surface area contributed by atoms with Gasteiger partial charge in [0.25, 0.3) is 0 Å². The molecule has 5 heteroatoms. The van der Waals surface area contributed by atoms with Gasteiger partial charge in [-0.2, -0.15) is 0 Å². The summed E-state index contributed by atoms with van der Waals surface area (Å²) in [5.74, 6) is -0.864. The number of carbonyl (C=O) groups is 2. The van der Waals surface area contributed by atoms with Crippen molar-refractivity contribution in [2.45, 2.75) is 135 Å². The van der Waals surface area contributed by atoms with Gasteiger partial charge >= 0.3 is 5.97 Å². The lowest BCUT2D eigenvalue weighted by Gasteiger charge is -2.07. The lowest BCUT2D eigenvalue weighted by Crippen LogP contribution is -2.30. The molecule has 0 spiro atoms. The van der Waals surface area contributed by atoms with E-state index in [0.717, 1.165) is 38.5 Å². The third-order valence-corrected chi connectivity index (χ3v) is 5.75. The fourth-order valence-corrected chi connectivity index (χ4v) is 3.64. The molecule has 0 saturated carbocycles. The van der Waals surface area contributed by atoms with Crippen LogP contribution in [0.1, 0.15) is 129 Å². The van der Waals surface area contributed by atoms with E-state index in [-0.39, 0.29) is 5.91 Å². The molecule has 0 unspecified atom stereocenters. The van der Waals surface area contributed by atoms with Crippen LogP contribution in [0, 0.1) is 0 Å². The van der Waals surface area contributed by atoms with Crippen LogP contribution in [-0.2, 0) is 9.59 Å². The number of carboxylic acids is 1. The van der Waals surface area contributed by atoms with E-state index in [9.17, 15) is 9.59 Å². The molecule has 0 saturated heterocycles. The zero-order valence-corrected chi connectivity index (χ0v) is 20.2.